The van der Waals surface area contributed by atoms with Gasteiger partial charge in [-0.15, -0.1) is 0 Å². The number of amides is 1. The fourth-order valence-electron chi connectivity index (χ4n) is 2.97. The van der Waals surface area contributed by atoms with Crippen molar-refractivity contribution in [3.63, 3.8) is 0 Å². The van der Waals surface area contributed by atoms with Crippen LogP contribution in [-0.2, 0) is 16.0 Å². The molecule has 140 valence electrons. The highest BCUT2D eigenvalue weighted by Gasteiger charge is 2.21. The molecule has 0 aliphatic rings. The molecule has 0 heterocycles. The van der Waals surface area contributed by atoms with Gasteiger partial charge in [0.1, 0.15) is 0 Å². The number of benzene rings is 3. The van der Waals surface area contributed by atoms with E-state index in [0.717, 1.165) is 22.8 Å². The molecule has 4 heteroatoms. The predicted molar refractivity (Wildman–Crippen MR) is 111 cm³/mol. The van der Waals surface area contributed by atoms with Crippen molar-refractivity contribution in [2.45, 2.75) is 12.3 Å². The Labute approximate surface area is 164 Å². The fourth-order valence-corrected chi connectivity index (χ4v) is 2.97. The lowest BCUT2D eigenvalue weighted by molar-refractivity contribution is -0.131. The van der Waals surface area contributed by atoms with Gasteiger partial charge in [-0.2, -0.15) is 0 Å². The van der Waals surface area contributed by atoms with Gasteiger partial charge in [-0.3, -0.25) is 4.79 Å². The Morgan fingerprint density at radius 1 is 0.857 bits per heavy atom. The first kappa shape index (κ1) is 19.1. The Bertz CT molecular complexity index is 948. The molecule has 0 aromatic heterocycles. The predicted octanol–water partition coefficient (Wildman–Crippen LogP) is 4.75. The van der Waals surface area contributed by atoms with Crippen LogP contribution < -0.4 is 5.32 Å². The van der Waals surface area contributed by atoms with E-state index in [4.69, 9.17) is 5.11 Å². The molecule has 1 atom stereocenters. The van der Waals surface area contributed by atoms with E-state index in [-0.39, 0.29) is 11.8 Å². The van der Waals surface area contributed by atoms with Crippen molar-refractivity contribution in [3.8, 4) is 0 Å². The molecule has 0 saturated carbocycles. The largest absolute Gasteiger partial charge is 0.478 e. The second kappa shape index (κ2) is 9.33. The van der Waals surface area contributed by atoms with E-state index in [2.05, 4.69) is 5.32 Å². The molecule has 1 amide bonds. The topological polar surface area (TPSA) is 66.4 Å². The number of anilines is 1. The molecule has 0 spiro atoms. The zero-order valence-electron chi connectivity index (χ0n) is 15.3. The van der Waals surface area contributed by atoms with Crippen LogP contribution in [-0.4, -0.2) is 17.0 Å². The van der Waals surface area contributed by atoms with Gasteiger partial charge in [-0.25, -0.2) is 4.79 Å². The standard InChI is InChI=1S/C24H21NO3/c26-23(27)16-13-18-11-14-21(15-12-18)25-24(28)22(20-9-5-2-6-10-20)17-19-7-3-1-4-8-19/h1-16,22H,17H2,(H,25,28)(H,26,27)/b16-13+. The molecule has 0 saturated heterocycles. The third-order valence-corrected chi connectivity index (χ3v) is 4.40. The molecule has 0 aliphatic carbocycles. The van der Waals surface area contributed by atoms with Crippen molar-refractivity contribution in [3.05, 3.63) is 108 Å². The van der Waals surface area contributed by atoms with Gasteiger partial charge in [0.25, 0.3) is 0 Å². The number of hydrogen-bond donors (Lipinski definition) is 2. The van der Waals surface area contributed by atoms with Crippen LogP contribution in [0.2, 0.25) is 0 Å². The molecule has 4 nitrogen and oxygen atoms in total. The molecule has 0 fully saturated rings. The van der Waals surface area contributed by atoms with Crippen LogP contribution in [0.1, 0.15) is 22.6 Å². The Morgan fingerprint density at radius 3 is 2.07 bits per heavy atom. The number of carboxylic acids is 1. The minimum absolute atomic E-state index is 0.0797. The number of hydrogen-bond acceptors (Lipinski definition) is 2. The van der Waals surface area contributed by atoms with E-state index < -0.39 is 5.97 Å². The van der Waals surface area contributed by atoms with E-state index in [1.807, 2.05) is 60.7 Å². The first-order chi connectivity index (χ1) is 13.6. The van der Waals surface area contributed by atoms with Crippen molar-refractivity contribution in [1.82, 2.24) is 0 Å². The third-order valence-electron chi connectivity index (χ3n) is 4.40. The minimum Gasteiger partial charge on any atom is -0.478 e. The molecule has 1 unspecified atom stereocenters. The quantitative estimate of drug-likeness (QED) is 0.589. The number of carbonyl (C=O) groups excluding carboxylic acids is 1. The average molecular weight is 371 g/mol. The highest BCUT2D eigenvalue weighted by molar-refractivity contribution is 5.96. The molecule has 3 aromatic carbocycles. The maximum absolute atomic E-state index is 13.0. The van der Waals surface area contributed by atoms with E-state index in [0.29, 0.717) is 12.1 Å². The lowest BCUT2D eigenvalue weighted by Gasteiger charge is -2.18. The molecule has 28 heavy (non-hydrogen) atoms. The van der Waals surface area contributed by atoms with E-state index in [1.165, 1.54) is 6.08 Å². The van der Waals surface area contributed by atoms with Crippen molar-refractivity contribution in [1.29, 1.82) is 0 Å². The Balaban J connectivity index is 1.76. The van der Waals surface area contributed by atoms with E-state index >= 15 is 0 Å². The zero-order valence-corrected chi connectivity index (χ0v) is 15.3. The van der Waals surface area contributed by atoms with Gasteiger partial charge in [-0.05, 0) is 41.3 Å². The lowest BCUT2D eigenvalue weighted by Crippen LogP contribution is -2.23. The van der Waals surface area contributed by atoms with E-state index in [9.17, 15) is 9.59 Å². The SMILES string of the molecule is O=C(O)/C=C/c1ccc(NC(=O)C(Cc2ccccc2)c2ccccc2)cc1. The molecular formula is C24H21NO3. The summed E-state index contributed by atoms with van der Waals surface area (Å²) in [5.74, 6) is -1.39. The molecule has 0 aliphatic heterocycles. The summed E-state index contributed by atoms with van der Waals surface area (Å²) in [6.07, 6.45) is 3.20. The van der Waals surface area contributed by atoms with Gasteiger partial charge >= 0.3 is 5.97 Å². The monoisotopic (exact) mass is 371 g/mol. The maximum Gasteiger partial charge on any atom is 0.328 e. The summed E-state index contributed by atoms with van der Waals surface area (Å²) in [6.45, 7) is 0. The summed E-state index contributed by atoms with van der Waals surface area (Å²) in [6, 6.07) is 26.7. The Kier molecular flexibility index (Phi) is 6.37. The van der Waals surface area contributed by atoms with E-state index in [1.54, 1.807) is 24.3 Å². The van der Waals surface area contributed by atoms with Crippen LogP contribution in [0.3, 0.4) is 0 Å². The highest BCUT2D eigenvalue weighted by atomic mass is 16.4. The molecule has 3 rings (SSSR count). The molecular weight excluding hydrogens is 350 g/mol. The lowest BCUT2D eigenvalue weighted by atomic mass is 9.91. The van der Waals surface area contributed by atoms with Crippen LogP contribution in [0, 0.1) is 0 Å². The van der Waals surface area contributed by atoms with Gasteiger partial charge in [0.2, 0.25) is 5.91 Å². The maximum atomic E-state index is 13.0. The zero-order chi connectivity index (χ0) is 19.8. The molecule has 0 bridgehead atoms. The van der Waals surface area contributed by atoms with Gasteiger partial charge in [-0.1, -0.05) is 72.8 Å². The molecule has 2 N–H and O–H groups in total. The van der Waals surface area contributed by atoms with Crippen LogP contribution in [0.5, 0.6) is 0 Å². The molecule has 3 aromatic rings. The summed E-state index contributed by atoms with van der Waals surface area (Å²) < 4.78 is 0. The van der Waals surface area contributed by atoms with Gasteiger partial charge < -0.3 is 10.4 Å². The van der Waals surface area contributed by atoms with Crippen molar-refractivity contribution >= 4 is 23.6 Å². The highest BCUT2D eigenvalue weighted by Crippen LogP contribution is 2.23. The first-order valence-corrected chi connectivity index (χ1v) is 9.02. The van der Waals surface area contributed by atoms with Crippen molar-refractivity contribution in [2.75, 3.05) is 5.32 Å². The number of rotatable bonds is 7. The Hall–Kier alpha value is -3.66. The summed E-state index contributed by atoms with van der Waals surface area (Å²) in [4.78, 5) is 23.6. The van der Waals surface area contributed by atoms with Crippen LogP contribution in [0.15, 0.2) is 91.0 Å². The third kappa shape index (κ3) is 5.42. The smallest absolute Gasteiger partial charge is 0.328 e. The summed E-state index contributed by atoms with van der Waals surface area (Å²) in [7, 11) is 0. The average Bonchev–Trinajstić information content (AvgIpc) is 2.73. The number of carboxylic acid groups (broad SMARTS) is 1. The number of aliphatic carboxylic acids is 1. The number of carbonyl (C=O) groups is 2. The first-order valence-electron chi connectivity index (χ1n) is 9.02. The van der Waals surface area contributed by atoms with Crippen LogP contribution >= 0.6 is 0 Å². The van der Waals surface area contributed by atoms with Gasteiger partial charge in [0.05, 0.1) is 5.92 Å². The summed E-state index contributed by atoms with van der Waals surface area (Å²) in [5.41, 5.74) is 3.49. The van der Waals surface area contributed by atoms with Crippen molar-refractivity contribution < 1.29 is 14.7 Å². The Morgan fingerprint density at radius 2 is 1.46 bits per heavy atom. The van der Waals surface area contributed by atoms with Crippen molar-refractivity contribution in [2.24, 2.45) is 0 Å². The second-order valence-corrected chi connectivity index (χ2v) is 6.44. The summed E-state index contributed by atoms with van der Waals surface area (Å²) in [5, 5.41) is 11.7. The fraction of sp³-hybridized carbons (Fsp3) is 0.0833. The van der Waals surface area contributed by atoms with Crippen LogP contribution in [0.4, 0.5) is 5.69 Å². The minimum atomic E-state index is -0.996. The molecule has 0 radical (unpaired) electrons. The van der Waals surface area contributed by atoms with Crippen LogP contribution in [0.25, 0.3) is 6.08 Å². The van der Waals surface area contributed by atoms with Gasteiger partial charge in [0.15, 0.2) is 0 Å². The number of nitrogens with one attached hydrogen (secondary N) is 1. The normalized spacial score (nSPS) is 11.9. The second-order valence-electron chi connectivity index (χ2n) is 6.44. The summed E-state index contributed by atoms with van der Waals surface area (Å²) >= 11 is 0. The van der Waals surface area contributed by atoms with Gasteiger partial charge in [0, 0.05) is 11.8 Å².